The van der Waals surface area contributed by atoms with Gasteiger partial charge in [0.2, 0.25) is 0 Å². The number of hydrogen-bond acceptors (Lipinski definition) is 0. The summed E-state index contributed by atoms with van der Waals surface area (Å²) in [4.78, 5) is 0. The minimum Gasteiger partial charge on any atom is -1.00 e. The van der Waals surface area contributed by atoms with Crippen molar-refractivity contribution in [2.75, 3.05) is 0 Å². The Hall–Kier alpha value is -0.496. The summed E-state index contributed by atoms with van der Waals surface area (Å²) >= 11 is 0. The van der Waals surface area contributed by atoms with Crippen LogP contribution in [0.25, 0.3) is 0 Å². The fraction of sp³-hybridized carbons (Fsp3) is 0.333. The van der Waals surface area contributed by atoms with Crippen molar-refractivity contribution in [2.24, 2.45) is 5.41 Å². The maximum absolute atomic E-state index is 3.74. The maximum atomic E-state index is 3.74. The predicted octanol–water partition coefficient (Wildman–Crippen LogP) is -2.50. The topological polar surface area (TPSA) is 0 Å². The molecule has 4 heteroatoms. The van der Waals surface area contributed by atoms with Gasteiger partial charge in [0.25, 0.3) is 0 Å². The normalized spacial score (nSPS) is 13.4. The molecular weight excluding hydrogens is 442 g/mol. The van der Waals surface area contributed by atoms with Crippen LogP contribution < -0.4 is 37.2 Å². The number of hydrogen-bond donors (Lipinski definition) is 0. The largest absolute Gasteiger partial charge is 4.00 e. The van der Waals surface area contributed by atoms with Crippen molar-refractivity contribution in [3.05, 3.63) is 94.6 Å². The number of allylic oxidation sites excluding steroid dienone is 4. The Morgan fingerprint density at radius 1 is 0.714 bits per heavy atom. The number of rotatable bonds is 3. The van der Waals surface area contributed by atoms with E-state index in [2.05, 4.69) is 101 Å². The molecule has 0 unspecified atom stereocenters. The molecule has 0 aliphatic heterocycles. The number of benzene rings is 2. The van der Waals surface area contributed by atoms with E-state index in [-0.39, 0.29) is 69.8 Å². The van der Waals surface area contributed by atoms with E-state index in [1.807, 2.05) is 0 Å². The van der Waals surface area contributed by atoms with Gasteiger partial charge in [-0.25, -0.2) is 17.2 Å². The van der Waals surface area contributed by atoms with Crippen LogP contribution in [-0.2, 0) is 27.1 Å². The van der Waals surface area contributed by atoms with Crippen molar-refractivity contribution >= 4 is 0 Å². The molecule has 0 saturated heterocycles. The smallest absolute Gasteiger partial charge is 1.00 e. The van der Waals surface area contributed by atoms with Crippen LogP contribution in [0.4, 0.5) is 0 Å². The summed E-state index contributed by atoms with van der Waals surface area (Å²) in [5.74, 6) is 0. The Kier molecular flexibility index (Phi) is 12.3. The van der Waals surface area contributed by atoms with Gasteiger partial charge in [0, 0.05) is 5.41 Å². The third kappa shape index (κ3) is 5.16. The zero-order chi connectivity index (χ0) is 17.4. The molecule has 0 fully saturated rings. The van der Waals surface area contributed by atoms with Gasteiger partial charge in [0.15, 0.2) is 0 Å². The van der Waals surface area contributed by atoms with Gasteiger partial charge in [-0.1, -0.05) is 94.8 Å². The molecule has 0 spiro atoms. The van der Waals surface area contributed by atoms with Gasteiger partial charge in [-0.15, -0.1) is 6.92 Å². The third-order valence-electron chi connectivity index (χ3n) is 5.41. The molecule has 0 nitrogen and oxygen atoms in total. The Labute approximate surface area is 204 Å². The average molecular weight is 470 g/mol. The number of halogens is 3. The molecule has 1 aliphatic carbocycles. The van der Waals surface area contributed by atoms with Crippen LogP contribution in [0.1, 0.15) is 52.2 Å². The minimum absolute atomic E-state index is 0. The van der Waals surface area contributed by atoms with Gasteiger partial charge in [-0.2, -0.15) is 5.57 Å². The van der Waals surface area contributed by atoms with Crippen molar-refractivity contribution < 1.29 is 58.9 Å². The molecule has 0 atom stereocenters. The zero-order valence-corrected chi connectivity index (χ0v) is 20.9. The molecule has 1 aliphatic rings. The van der Waals surface area contributed by atoms with Crippen LogP contribution in [0, 0.1) is 11.5 Å². The van der Waals surface area contributed by atoms with Crippen LogP contribution in [0.3, 0.4) is 0 Å². The van der Waals surface area contributed by atoms with Crippen LogP contribution >= 0.6 is 0 Å². The van der Waals surface area contributed by atoms with Crippen molar-refractivity contribution in [1.82, 2.24) is 0 Å². The summed E-state index contributed by atoms with van der Waals surface area (Å²) < 4.78 is 0. The van der Waals surface area contributed by atoms with Crippen LogP contribution in [0.2, 0.25) is 0 Å². The Bertz CT molecular complexity index is 748. The Balaban J connectivity index is 0. The second kappa shape index (κ2) is 11.6. The van der Waals surface area contributed by atoms with E-state index in [1.165, 1.54) is 27.8 Å². The zero-order valence-electron chi connectivity index (χ0n) is 17.1. The molecule has 3 rings (SSSR count). The summed E-state index contributed by atoms with van der Waals surface area (Å²) in [6.45, 7) is 11.5. The van der Waals surface area contributed by atoms with Gasteiger partial charge in [0.05, 0.1) is 0 Å². The Morgan fingerprint density at radius 2 is 1.11 bits per heavy atom. The quantitative estimate of drug-likeness (QED) is 0.345. The van der Waals surface area contributed by atoms with Crippen LogP contribution in [0.5, 0.6) is 0 Å². The molecule has 2 aromatic carbocycles. The van der Waals surface area contributed by atoms with Gasteiger partial charge in [-0.05, 0) is 16.5 Å². The van der Waals surface area contributed by atoms with E-state index in [0.29, 0.717) is 0 Å². The van der Waals surface area contributed by atoms with Crippen LogP contribution in [0.15, 0.2) is 77.4 Å². The molecule has 28 heavy (non-hydrogen) atoms. The van der Waals surface area contributed by atoms with E-state index >= 15 is 0 Å². The van der Waals surface area contributed by atoms with E-state index in [9.17, 15) is 0 Å². The van der Waals surface area contributed by atoms with Gasteiger partial charge < -0.3 is 37.2 Å². The third-order valence-corrected chi connectivity index (χ3v) is 5.41. The van der Waals surface area contributed by atoms with E-state index in [4.69, 9.17) is 0 Å². The monoisotopic (exact) mass is 468 g/mol. The molecule has 0 amide bonds. The molecule has 148 valence electrons. The minimum atomic E-state index is -0.172. The van der Waals surface area contributed by atoms with Gasteiger partial charge in [0.1, 0.15) is 0 Å². The van der Waals surface area contributed by atoms with Crippen molar-refractivity contribution in [1.29, 1.82) is 0 Å². The second-order valence-electron chi connectivity index (χ2n) is 7.92. The van der Waals surface area contributed by atoms with E-state index < -0.39 is 0 Å². The maximum Gasteiger partial charge on any atom is 4.00 e. The first-order chi connectivity index (χ1) is 11.4. The van der Waals surface area contributed by atoms with Crippen molar-refractivity contribution in [2.45, 2.75) is 46.5 Å². The van der Waals surface area contributed by atoms with Gasteiger partial charge in [-0.3, -0.25) is 0 Å². The first kappa shape index (κ1) is 29.7. The molecule has 0 heterocycles. The molecule has 2 aromatic rings. The summed E-state index contributed by atoms with van der Waals surface area (Å²) in [6, 6.07) is 21.9. The van der Waals surface area contributed by atoms with Crippen molar-refractivity contribution in [3.8, 4) is 0 Å². The van der Waals surface area contributed by atoms with Crippen LogP contribution in [-0.4, -0.2) is 0 Å². The SMILES string of the molecule is CC1=C(C)CC(C(c2ccccc2)(c2ccccc2)C(C)(C)C)=[C-]1.[Cl-].[Cl-].[Cl-].[Ti+4]. The van der Waals surface area contributed by atoms with Crippen molar-refractivity contribution in [3.63, 3.8) is 0 Å². The predicted molar refractivity (Wildman–Crippen MR) is 103 cm³/mol. The Morgan fingerprint density at radius 3 is 1.39 bits per heavy atom. The molecule has 0 N–H and O–H groups in total. The molecule has 0 radical (unpaired) electrons. The first-order valence-electron chi connectivity index (χ1n) is 8.78. The fourth-order valence-electron chi connectivity index (χ4n) is 4.21. The summed E-state index contributed by atoms with van der Waals surface area (Å²) in [5, 5.41) is 0. The molecule has 0 aromatic heterocycles. The fourth-order valence-corrected chi connectivity index (χ4v) is 4.21. The van der Waals surface area contributed by atoms with E-state index in [0.717, 1.165) is 6.42 Å². The molecule has 0 saturated carbocycles. The van der Waals surface area contributed by atoms with E-state index in [1.54, 1.807) is 0 Å². The molecule has 0 bridgehead atoms. The average Bonchev–Trinajstić information content (AvgIpc) is 2.88. The second-order valence-corrected chi connectivity index (χ2v) is 7.92. The molecular formula is C24H27Cl3Ti. The summed E-state index contributed by atoms with van der Waals surface area (Å²) in [7, 11) is 0. The summed E-state index contributed by atoms with van der Waals surface area (Å²) in [5.41, 5.74) is 6.69. The summed E-state index contributed by atoms with van der Waals surface area (Å²) in [6.07, 6.45) is 4.75. The van der Waals surface area contributed by atoms with Gasteiger partial charge >= 0.3 is 21.7 Å². The first-order valence-corrected chi connectivity index (χ1v) is 8.78. The standard InChI is InChI=1S/C24H27.3ClH.Ti/c1-18-16-22(17-19(18)2)24(23(3,4)5,20-12-8-6-9-13-20)21-14-10-7-11-15-21;;;;/h6-15H,16H2,1-5H3;3*1H;/q-1;;;;+4/p-3.